The maximum Gasteiger partial charge on any atom is 0.311 e. The molecule has 1 fully saturated rings. The molecule has 1 amide bonds. The molecule has 8 heteroatoms. The summed E-state index contributed by atoms with van der Waals surface area (Å²) >= 11 is 0. The monoisotopic (exact) mass is 279 g/mol. The predicted octanol–water partition coefficient (Wildman–Crippen LogP) is 0.996. The molecule has 108 valence electrons. The van der Waals surface area contributed by atoms with Gasteiger partial charge < -0.3 is 16.0 Å². The van der Waals surface area contributed by atoms with Crippen molar-refractivity contribution >= 4 is 23.2 Å². The van der Waals surface area contributed by atoms with Crippen LogP contribution in [0.15, 0.2) is 12.1 Å². The van der Waals surface area contributed by atoms with Gasteiger partial charge in [0.1, 0.15) is 5.82 Å². The van der Waals surface area contributed by atoms with Gasteiger partial charge in [0.2, 0.25) is 11.7 Å². The maximum absolute atomic E-state index is 11.9. The van der Waals surface area contributed by atoms with E-state index in [2.05, 4.69) is 10.3 Å². The highest BCUT2D eigenvalue weighted by molar-refractivity contribution is 5.80. The lowest BCUT2D eigenvalue weighted by Gasteiger charge is -2.26. The highest BCUT2D eigenvalue weighted by Gasteiger charge is 2.17. The Labute approximate surface area is 116 Å². The molecule has 20 heavy (non-hydrogen) atoms. The zero-order valence-corrected chi connectivity index (χ0v) is 11.0. The lowest BCUT2D eigenvalue weighted by Crippen LogP contribution is -2.39. The van der Waals surface area contributed by atoms with Crippen molar-refractivity contribution in [1.82, 2.24) is 9.88 Å². The van der Waals surface area contributed by atoms with Gasteiger partial charge in [0.25, 0.3) is 0 Å². The van der Waals surface area contributed by atoms with E-state index in [1.165, 1.54) is 12.1 Å². The topological polar surface area (TPSA) is 114 Å². The fourth-order valence-corrected chi connectivity index (χ4v) is 2.14. The average Bonchev–Trinajstić information content (AvgIpc) is 2.45. The van der Waals surface area contributed by atoms with E-state index in [9.17, 15) is 14.9 Å². The smallest absolute Gasteiger partial charge is 0.311 e. The van der Waals surface area contributed by atoms with E-state index >= 15 is 0 Å². The number of nitrogens with zero attached hydrogens (tertiary/aromatic N) is 3. The number of nitro groups is 1. The number of nitrogen functional groups attached to an aromatic ring is 1. The van der Waals surface area contributed by atoms with E-state index in [1.54, 1.807) is 0 Å². The number of nitrogens with two attached hydrogens (primary N) is 1. The molecule has 0 aliphatic carbocycles. The first-order valence-corrected chi connectivity index (χ1v) is 6.50. The molecule has 1 aliphatic heterocycles. The maximum atomic E-state index is 11.9. The van der Waals surface area contributed by atoms with Crippen LogP contribution < -0.4 is 11.1 Å². The summed E-state index contributed by atoms with van der Waals surface area (Å²) in [4.78, 5) is 27.6. The second kappa shape index (κ2) is 6.18. The molecule has 1 aromatic rings. The molecule has 2 heterocycles. The number of hydrogen-bond donors (Lipinski definition) is 2. The van der Waals surface area contributed by atoms with Gasteiger partial charge in [-0.2, -0.15) is 0 Å². The molecule has 0 radical (unpaired) electrons. The second-order valence-electron chi connectivity index (χ2n) is 4.65. The number of carbonyl (C=O) groups is 1. The van der Waals surface area contributed by atoms with Crippen LogP contribution in [0.4, 0.5) is 17.3 Å². The molecule has 0 aromatic carbocycles. The van der Waals surface area contributed by atoms with Crippen LogP contribution in [-0.4, -0.2) is 40.3 Å². The van der Waals surface area contributed by atoms with Crippen LogP contribution in [0, 0.1) is 10.1 Å². The molecule has 0 unspecified atom stereocenters. The van der Waals surface area contributed by atoms with Crippen molar-refractivity contribution in [2.45, 2.75) is 19.3 Å². The van der Waals surface area contributed by atoms with Crippen molar-refractivity contribution in [1.29, 1.82) is 0 Å². The Bertz CT molecular complexity index is 514. The summed E-state index contributed by atoms with van der Waals surface area (Å²) in [5, 5.41) is 13.5. The second-order valence-corrected chi connectivity index (χ2v) is 4.65. The third-order valence-electron chi connectivity index (χ3n) is 3.23. The summed E-state index contributed by atoms with van der Waals surface area (Å²) in [5.41, 5.74) is 5.25. The van der Waals surface area contributed by atoms with E-state index in [4.69, 9.17) is 5.73 Å². The van der Waals surface area contributed by atoms with Crippen molar-refractivity contribution in [3.8, 4) is 0 Å². The largest absolute Gasteiger partial charge is 0.378 e. The third kappa shape index (κ3) is 3.34. The van der Waals surface area contributed by atoms with Crippen molar-refractivity contribution in [2.75, 3.05) is 30.7 Å². The molecule has 0 saturated carbocycles. The molecule has 1 aromatic heterocycles. The molecule has 3 N–H and O–H groups in total. The van der Waals surface area contributed by atoms with Crippen molar-refractivity contribution < 1.29 is 9.72 Å². The van der Waals surface area contributed by atoms with Crippen LogP contribution in [0.1, 0.15) is 19.3 Å². The Kier molecular flexibility index (Phi) is 4.34. The highest BCUT2D eigenvalue weighted by atomic mass is 16.6. The summed E-state index contributed by atoms with van der Waals surface area (Å²) in [6.07, 6.45) is 3.24. The van der Waals surface area contributed by atoms with Gasteiger partial charge in [-0.25, -0.2) is 4.98 Å². The highest BCUT2D eigenvalue weighted by Crippen LogP contribution is 2.20. The van der Waals surface area contributed by atoms with Gasteiger partial charge in [-0.15, -0.1) is 0 Å². The summed E-state index contributed by atoms with van der Waals surface area (Å²) in [6.45, 7) is 1.69. The number of rotatable bonds is 4. The molecule has 8 nitrogen and oxygen atoms in total. The average molecular weight is 279 g/mol. The zero-order chi connectivity index (χ0) is 14.5. The molecule has 2 rings (SSSR count). The van der Waals surface area contributed by atoms with Gasteiger partial charge in [0.15, 0.2) is 0 Å². The molecule has 0 atom stereocenters. The number of carbonyl (C=O) groups excluding carboxylic acids is 1. The van der Waals surface area contributed by atoms with E-state index in [0.29, 0.717) is 5.82 Å². The Morgan fingerprint density at radius 3 is 2.70 bits per heavy atom. The van der Waals surface area contributed by atoms with Gasteiger partial charge in [0, 0.05) is 19.2 Å². The van der Waals surface area contributed by atoms with Crippen LogP contribution in [0.5, 0.6) is 0 Å². The fraction of sp³-hybridized carbons (Fsp3) is 0.500. The predicted molar refractivity (Wildman–Crippen MR) is 74.2 cm³/mol. The van der Waals surface area contributed by atoms with Crippen LogP contribution >= 0.6 is 0 Å². The van der Waals surface area contributed by atoms with Gasteiger partial charge >= 0.3 is 5.69 Å². The van der Waals surface area contributed by atoms with Crippen LogP contribution in [0.25, 0.3) is 0 Å². The SMILES string of the molecule is Nc1nc(NCC(=O)N2CCCCC2)ccc1[N+](=O)[O-]. The molecule has 0 spiro atoms. The van der Waals surface area contributed by atoms with Gasteiger partial charge in [-0.1, -0.05) is 0 Å². The van der Waals surface area contributed by atoms with Crippen LogP contribution in [0.2, 0.25) is 0 Å². The Balaban J connectivity index is 1.92. The summed E-state index contributed by atoms with van der Waals surface area (Å²) < 4.78 is 0. The fourth-order valence-electron chi connectivity index (χ4n) is 2.14. The number of aromatic nitrogens is 1. The van der Waals surface area contributed by atoms with E-state index < -0.39 is 4.92 Å². The van der Waals surface area contributed by atoms with E-state index in [1.807, 2.05) is 4.90 Å². The van der Waals surface area contributed by atoms with E-state index in [-0.39, 0.29) is 24.0 Å². The first kappa shape index (κ1) is 14.0. The van der Waals surface area contributed by atoms with Crippen molar-refractivity contribution in [3.63, 3.8) is 0 Å². The third-order valence-corrected chi connectivity index (χ3v) is 3.23. The Morgan fingerprint density at radius 2 is 2.10 bits per heavy atom. The minimum Gasteiger partial charge on any atom is -0.378 e. The molecule has 1 aliphatic rings. The number of pyridine rings is 1. The van der Waals surface area contributed by atoms with Crippen molar-refractivity contribution in [2.24, 2.45) is 0 Å². The number of piperidine rings is 1. The summed E-state index contributed by atoms with van der Waals surface area (Å²) in [5.74, 6) is 0.201. The summed E-state index contributed by atoms with van der Waals surface area (Å²) in [7, 11) is 0. The lowest BCUT2D eigenvalue weighted by molar-refractivity contribution is -0.384. The first-order chi connectivity index (χ1) is 9.58. The number of hydrogen-bond acceptors (Lipinski definition) is 6. The Morgan fingerprint density at radius 1 is 1.40 bits per heavy atom. The lowest BCUT2D eigenvalue weighted by atomic mass is 10.1. The molecule has 0 bridgehead atoms. The van der Waals surface area contributed by atoms with Crippen LogP contribution in [0.3, 0.4) is 0 Å². The minimum absolute atomic E-state index is 0.00317. The van der Waals surface area contributed by atoms with E-state index in [0.717, 1.165) is 32.4 Å². The quantitative estimate of drug-likeness (QED) is 0.627. The molecular weight excluding hydrogens is 262 g/mol. The molecular formula is C12H17N5O3. The summed E-state index contributed by atoms with van der Waals surface area (Å²) in [6, 6.07) is 2.72. The minimum atomic E-state index is -0.592. The number of nitrogens with one attached hydrogen (secondary N) is 1. The standard InChI is InChI=1S/C12H17N5O3/c13-12-9(17(19)20)4-5-10(15-12)14-8-11(18)16-6-2-1-3-7-16/h4-5H,1-3,6-8H2,(H3,13,14,15). The van der Waals surface area contributed by atoms with Gasteiger partial charge in [-0.05, 0) is 25.3 Å². The number of likely N-dealkylation sites (tertiary alicyclic amines) is 1. The number of anilines is 2. The normalized spacial score (nSPS) is 14.9. The van der Waals surface area contributed by atoms with Gasteiger partial charge in [0.05, 0.1) is 11.5 Å². The Hall–Kier alpha value is -2.38. The molecule has 1 saturated heterocycles. The number of amides is 1. The van der Waals surface area contributed by atoms with Crippen LogP contribution in [-0.2, 0) is 4.79 Å². The first-order valence-electron chi connectivity index (χ1n) is 6.50. The van der Waals surface area contributed by atoms with Gasteiger partial charge in [-0.3, -0.25) is 14.9 Å². The van der Waals surface area contributed by atoms with Crippen molar-refractivity contribution in [3.05, 3.63) is 22.2 Å². The zero-order valence-electron chi connectivity index (χ0n) is 11.0.